The highest BCUT2D eigenvalue weighted by molar-refractivity contribution is 5.70. The summed E-state index contributed by atoms with van der Waals surface area (Å²) in [7, 11) is 0. The van der Waals surface area contributed by atoms with Crippen LogP contribution in [0.15, 0.2) is 30.3 Å². The van der Waals surface area contributed by atoms with Crippen molar-refractivity contribution >= 4 is 12.2 Å². The van der Waals surface area contributed by atoms with Gasteiger partial charge in [-0.3, -0.25) is 0 Å². The van der Waals surface area contributed by atoms with Gasteiger partial charge in [0.25, 0.3) is 0 Å². The molecule has 25 heavy (non-hydrogen) atoms. The molecule has 138 valence electrons. The van der Waals surface area contributed by atoms with E-state index in [-0.39, 0.29) is 31.8 Å². The minimum atomic E-state index is -0.590. The van der Waals surface area contributed by atoms with E-state index in [4.69, 9.17) is 9.47 Å². The van der Waals surface area contributed by atoms with Crippen LogP contribution in [0.1, 0.15) is 32.8 Å². The lowest BCUT2D eigenvalue weighted by Crippen LogP contribution is -2.42. The highest BCUT2D eigenvalue weighted by atomic mass is 16.6. The zero-order chi connectivity index (χ0) is 18.4. The normalized spacial score (nSPS) is 20.2. The van der Waals surface area contributed by atoms with Gasteiger partial charge in [0.2, 0.25) is 0 Å². The van der Waals surface area contributed by atoms with E-state index in [2.05, 4.69) is 5.32 Å². The molecule has 1 aromatic carbocycles. The number of ether oxygens (including phenoxy) is 2. The number of carbonyl (C=O) groups excluding carboxylic acids is 2. The molecular weight excluding hydrogens is 324 g/mol. The number of nitrogens with zero attached hydrogens (tertiary/aromatic N) is 1. The molecule has 0 aromatic heterocycles. The molecule has 1 aliphatic rings. The molecule has 2 atom stereocenters. The summed E-state index contributed by atoms with van der Waals surface area (Å²) in [5.41, 5.74) is 0.298. The Morgan fingerprint density at radius 1 is 1.28 bits per heavy atom. The summed E-state index contributed by atoms with van der Waals surface area (Å²) in [4.78, 5) is 25.6. The average Bonchev–Trinajstić information content (AvgIpc) is 2.94. The van der Waals surface area contributed by atoms with E-state index in [1.165, 1.54) is 4.90 Å². The van der Waals surface area contributed by atoms with E-state index >= 15 is 0 Å². The first-order chi connectivity index (χ1) is 11.8. The van der Waals surface area contributed by atoms with Crippen molar-refractivity contribution in [1.82, 2.24) is 10.2 Å². The third-order valence-electron chi connectivity index (χ3n) is 3.79. The van der Waals surface area contributed by atoms with Crippen molar-refractivity contribution in [2.24, 2.45) is 0 Å². The van der Waals surface area contributed by atoms with Crippen LogP contribution in [0.4, 0.5) is 9.59 Å². The Hall–Kier alpha value is -2.28. The van der Waals surface area contributed by atoms with Crippen molar-refractivity contribution in [1.29, 1.82) is 0 Å². The van der Waals surface area contributed by atoms with Crippen LogP contribution in [0, 0.1) is 0 Å². The number of amides is 2. The molecule has 0 aliphatic carbocycles. The van der Waals surface area contributed by atoms with Crippen LogP contribution in [0.5, 0.6) is 0 Å². The molecule has 0 bridgehead atoms. The summed E-state index contributed by atoms with van der Waals surface area (Å²) in [6, 6.07) is 8.70. The van der Waals surface area contributed by atoms with Crippen LogP contribution in [-0.2, 0) is 16.1 Å². The number of aliphatic hydroxyl groups is 1. The van der Waals surface area contributed by atoms with Crippen molar-refractivity contribution < 1.29 is 24.2 Å². The van der Waals surface area contributed by atoms with Crippen molar-refractivity contribution in [2.45, 2.75) is 51.5 Å². The summed E-state index contributed by atoms with van der Waals surface area (Å²) in [6.45, 7) is 5.60. The monoisotopic (exact) mass is 350 g/mol. The van der Waals surface area contributed by atoms with Gasteiger partial charge in [0.05, 0.1) is 18.7 Å². The van der Waals surface area contributed by atoms with Crippen LogP contribution in [0.25, 0.3) is 0 Å². The lowest BCUT2D eigenvalue weighted by molar-refractivity contribution is 0.0502. The zero-order valence-corrected chi connectivity index (χ0v) is 14.9. The van der Waals surface area contributed by atoms with E-state index < -0.39 is 17.8 Å². The zero-order valence-electron chi connectivity index (χ0n) is 14.9. The summed E-state index contributed by atoms with van der Waals surface area (Å²) in [5, 5.41) is 12.3. The Morgan fingerprint density at radius 3 is 2.56 bits per heavy atom. The quantitative estimate of drug-likeness (QED) is 0.870. The molecule has 2 N–H and O–H groups in total. The first-order valence-electron chi connectivity index (χ1n) is 8.36. The third-order valence-corrected chi connectivity index (χ3v) is 3.79. The highest BCUT2D eigenvalue weighted by Gasteiger charge is 2.37. The van der Waals surface area contributed by atoms with Crippen LogP contribution in [-0.4, -0.2) is 53.0 Å². The van der Waals surface area contributed by atoms with Gasteiger partial charge in [-0.1, -0.05) is 30.3 Å². The standard InChI is InChI=1S/C18H26N2O5/c1-18(2,3)25-16(22)19-14-9-15(11-21)20(10-14)17(23)24-12-13-7-5-4-6-8-13/h4-8,14-15,21H,9-12H2,1-3H3,(H,19,22)/t14-,15-/m1/s1. The molecular formula is C18H26N2O5. The summed E-state index contributed by atoms with van der Waals surface area (Å²) in [6.07, 6.45) is -0.582. The summed E-state index contributed by atoms with van der Waals surface area (Å²) >= 11 is 0. The second-order valence-electron chi connectivity index (χ2n) is 7.11. The minimum Gasteiger partial charge on any atom is -0.445 e. The molecule has 1 saturated heterocycles. The Balaban J connectivity index is 1.87. The second kappa shape index (κ2) is 8.20. The lowest BCUT2D eigenvalue weighted by atomic mass is 10.2. The van der Waals surface area contributed by atoms with E-state index in [0.29, 0.717) is 6.42 Å². The molecule has 1 fully saturated rings. The predicted molar refractivity (Wildman–Crippen MR) is 92.0 cm³/mol. The molecule has 2 rings (SSSR count). The third kappa shape index (κ3) is 5.94. The molecule has 1 heterocycles. The number of nitrogens with one attached hydrogen (secondary N) is 1. The number of benzene rings is 1. The number of carbonyl (C=O) groups is 2. The smallest absolute Gasteiger partial charge is 0.410 e. The topological polar surface area (TPSA) is 88.1 Å². The van der Waals surface area contributed by atoms with Crippen molar-refractivity contribution in [3.05, 3.63) is 35.9 Å². The Morgan fingerprint density at radius 2 is 1.96 bits per heavy atom. The molecule has 0 unspecified atom stereocenters. The molecule has 0 saturated carbocycles. The number of aliphatic hydroxyl groups excluding tert-OH is 1. The summed E-state index contributed by atoms with van der Waals surface area (Å²) < 4.78 is 10.5. The van der Waals surface area contributed by atoms with Crippen molar-refractivity contribution in [3.8, 4) is 0 Å². The first kappa shape index (κ1) is 19.1. The van der Waals surface area contributed by atoms with Gasteiger partial charge in [-0.15, -0.1) is 0 Å². The fraction of sp³-hybridized carbons (Fsp3) is 0.556. The maximum Gasteiger partial charge on any atom is 0.410 e. The maximum absolute atomic E-state index is 12.3. The molecule has 7 heteroatoms. The largest absolute Gasteiger partial charge is 0.445 e. The fourth-order valence-corrected chi connectivity index (χ4v) is 2.69. The number of hydrogen-bond donors (Lipinski definition) is 2. The Labute approximate surface area is 147 Å². The van der Waals surface area contributed by atoms with Crippen molar-refractivity contribution in [3.63, 3.8) is 0 Å². The Kier molecular flexibility index (Phi) is 6.25. The van der Waals surface area contributed by atoms with Gasteiger partial charge >= 0.3 is 12.2 Å². The van der Waals surface area contributed by atoms with Crippen LogP contribution < -0.4 is 5.32 Å². The van der Waals surface area contributed by atoms with Gasteiger partial charge in [0.1, 0.15) is 12.2 Å². The van der Waals surface area contributed by atoms with Gasteiger partial charge in [0.15, 0.2) is 0 Å². The first-order valence-corrected chi connectivity index (χ1v) is 8.36. The molecule has 1 aromatic rings. The van der Waals surface area contributed by atoms with Gasteiger partial charge in [0, 0.05) is 6.54 Å². The summed E-state index contributed by atoms with van der Waals surface area (Å²) in [5.74, 6) is 0. The van der Waals surface area contributed by atoms with Gasteiger partial charge in [-0.25, -0.2) is 9.59 Å². The van der Waals surface area contributed by atoms with Crippen LogP contribution in [0.2, 0.25) is 0 Å². The van der Waals surface area contributed by atoms with Crippen LogP contribution >= 0.6 is 0 Å². The molecule has 7 nitrogen and oxygen atoms in total. The predicted octanol–water partition coefficient (Wildman–Crippen LogP) is 2.28. The maximum atomic E-state index is 12.3. The minimum absolute atomic E-state index is 0.165. The Bertz CT molecular complexity index is 585. The average molecular weight is 350 g/mol. The van der Waals surface area contributed by atoms with E-state index in [0.717, 1.165) is 5.56 Å². The highest BCUT2D eigenvalue weighted by Crippen LogP contribution is 2.20. The fourth-order valence-electron chi connectivity index (χ4n) is 2.69. The molecule has 2 amide bonds. The number of likely N-dealkylation sites (tertiary alicyclic amines) is 1. The van der Waals surface area contributed by atoms with Crippen molar-refractivity contribution in [2.75, 3.05) is 13.2 Å². The second-order valence-corrected chi connectivity index (χ2v) is 7.11. The number of hydrogen-bond acceptors (Lipinski definition) is 5. The number of rotatable bonds is 4. The lowest BCUT2D eigenvalue weighted by Gasteiger charge is -2.22. The van der Waals surface area contributed by atoms with Gasteiger partial charge in [-0.05, 0) is 32.8 Å². The van der Waals surface area contributed by atoms with Crippen LogP contribution in [0.3, 0.4) is 0 Å². The number of alkyl carbamates (subject to hydrolysis) is 1. The van der Waals surface area contributed by atoms with E-state index in [1.54, 1.807) is 20.8 Å². The molecule has 1 aliphatic heterocycles. The molecule has 0 spiro atoms. The molecule has 0 radical (unpaired) electrons. The SMILES string of the molecule is CC(C)(C)OC(=O)N[C@@H]1C[C@H](CO)N(C(=O)OCc2ccccc2)C1. The van der Waals surface area contributed by atoms with E-state index in [9.17, 15) is 14.7 Å². The van der Waals surface area contributed by atoms with Gasteiger partial charge < -0.3 is 24.8 Å². The van der Waals surface area contributed by atoms with Gasteiger partial charge in [-0.2, -0.15) is 0 Å². The van der Waals surface area contributed by atoms with E-state index in [1.807, 2.05) is 30.3 Å².